The number of H-pyrrole nitrogens is 1. The maximum absolute atomic E-state index is 5.52. The van der Waals surface area contributed by atoms with Crippen LogP contribution in [0.25, 0.3) is 11.2 Å². The normalized spacial score (nSPS) is 12.7. The Kier molecular flexibility index (Phi) is 3.40. The lowest BCUT2D eigenvalue weighted by atomic mass is 10.0. The Balaban J connectivity index is 2.25. The van der Waals surface area contributed by atoms with Gasteiger partial charge in [-0.1, -0.05) is 37.3 Å². The smallest absolute Gasteiger partial charge is 0.179 e. The van der Waals surface area contributed by atoms with Gasteiger partial charge >= 0.3 is 0 Å². The van der Waals surface area contributed by atoms with Crippen molar-refractivity contribution in [2.24, 2.45) is 0 Å². The molecule has 3 aromatic rings. The molecule has 1 unspecified atom stereocenters. The average Bonchev–Trinajstić information content (AvgIpc) is 2.80. The highest BCUT2D eigenvalue weighted by Crippen LogP contribution is 2.27. The summed E-state index contributed by atoms with van der Waals surface area (Å²) in [7, 11) is 0. The lowest BCUT2D eigenvalue weighted by molar-refractivity contribution is 0.571. The van der Waals surface area contributed by atoms with Crippen molar-refractivity contribution in [3.05, 3.63) is 58.5 Å². The van der Waals surface area contributed by atoms with Crippen molar-refractivity contribution in [2.45, 2.75) is 26.3 Å². The summed E-state index contributed by atoms with van der Waals surface area (Å²) in [6.07, 6.45) is 2.81. The Labute approximate surface area is 123 Å². The topological polar surface area (TPSA) is 33.6 Å². The van der Waals surface area contributed by atoms with Gasteiger partial charge in [0.25, 0.3) is 0 Å². The molecule has 3 rings (SSSR count). The molecule has 0 amide bonds. The number of fused-ring (bicyclic) bond motifs is 1. The van der Waals surface area contributed by atoms with E-state index in [0.717, 1.165) is 22.4 Å². The Morgan fingerprint density at radius 3 is 2.70 bits per heavy atom. The van der Waals surface area contributed by atoms with Crippen LogP contribution < -0.4 is 0 Å². The van der Waals surface area contributed by atoms with Crippen molar-refractivity contribution in [2.75, 3.05) is 0 Å². The molecule has 0 bridgehead atoms. The summed E-state index contributed by atoms with van der Waals surface area (Å²) in [5.41, 5.74) is 4.40. The quantitative estimate of drug-likeness (QED) is 0.723. The lowest BCUT2D eigenvalue weighted by Gasteiger charge is -2.17. The molecule has 0 spiro atoms. The molecule has 0 fully saturated rings. The van der Waals surface area contributed by atoms with Crippen LogP contribution in [-0.4, -0.2) is 14.5 Å². The first kappa shape index (κ1) is 13.1. The molecule has 0 saturated carbocycles. The molecular formula is C16H17N3S. The van der Waals surface area contributed by atoms with Gasteiger partial charge in [0, 0.05) is 6.20 Å². The summed E-state index contributed by atoms with van der Waals surface area (Å²) in [6.45, 7) is 4.25. The van der Waals surface area contributed by atoms with Crippen molar-refractivity contribution >= 4 is 23.4 Å². The molecule has 1 aromatic carbocycles. The molecule has 2 aromatic heterocycles. The molecular weight excluding hydrogens is 266 g/mol. The molecule has 0 saturated heterocycles. The van der Waals surface area contributed by atoms with Crippen molar-refractivity contribution in [1.29, 1.82) is 0 Å². The SMILES string of the molecule is CCC(c1ccccc1)n1c(=S)[nH]c2c(C)ccnc21. The summed E-state index contributed by atoms with van der Waals surface area (Å²) in [5, 5.41) is 0. The number of aromatic amines is 1. The number of imidazole rings is 1. The van der Waals surface area contributed by atoms with E-state index in [1.807, 2.05) is 18.3 Å². The standard InChI is InChI=1S/C16H17N3S/c1-3-13(12-7-5-4-6-8-12)19-15-14(18-16(19)20)11(2)9-10-17-15/h4-10,13H,3H2,1-2H3,(H,18,20). The van der Waals surface area contributed by atoms with Gasteiger partial charge in [-0.2, -0.15) is 0 Å². The number of hydrogen-bond acceptors (Lipinski definition) is 2. The van der Waals surface area contributed by atoms with E-state index in [0.29, 0.717) is 0 Å². The first-order valence-corrected chi connectivity index (χ1v) is 7.24. The van der Waals surface area contributed by atoms with E-state index in [2.05, 4.69) is 52.6 Å². The van der Waals surface area contributed by atoms with Gasteiger partial charge in [-0.15, -0.1) is 0 Å². The largest absolute Gasteiger partial charge is 0.329 e. The Morgan fingerprint density at radius 1 is 1.25 bits per heavy atom. The Hall–Kier alpha value is -1.94. The average molecular weight is 283 g/mol. The van der Waals surface area contributed by atoms with E-state index in [9.17, 15) is 0 Å². The van der Waals surface area contributed by atoms with E-state index in [-0.39, 0.29) is 6.04 Å². The maximum Gasteiger partial charge on any atom is 0.179 e. The summed E-state index contributed by atoms with van der Waals surface area (Å²) in [4.78, 5) is 7.82. The molecule has 20 heavy (non-hydrogen) atoms. The maximum atomic E-state index is 5.52. The van der Waals surface area contributed by atoms with Crippen LogP contribution in [-0.2, 0) is 0 Å². The van der Waals surface area contributed by atoms with Crippen LogP contribution in [0.3, 0.4) is 0 Å². The minimum atomic E-state index is 0.215. The number of nitrogens with one attached hydrogen (secondary N) is 1. The highest BCUT2D eigenvalue weighted by Gasteiger charge is 2.17. The molecule has 0 radical (unpaired) electrons. The van der Waals surface area contributed by atoms with Crippen LogP contribution in [0.2, 0.25) is 0 Å². The second kappa shape index (κ2) is 5.21. The molecule has 102 valence electrons. The third kappa shape index (κ3) is 2.06. The number of hydrogen-bond donors (Lipinski definition) is 1. The Bertz CT molecular complexity index is 786. The van der Waals surface area contributed by atoms with Gasteiger partial charge in [0.2, 0.25) is 0 Å². The van der Waals surface area contributed by atoms with Gasteiger partial charge < -0.3 is 4.98 Å². The van der Waals surface area contributed by atoms with Crippen LogP contribution in [0.15, 0.2) is 42.6 Å². The molecule has 0 aliphatic heterocycles. The second-order valence-electron chi connectivity index (χ2n) is 4.96. The number of pyridine rings is 1. The number of rotatable bonds is 3. The van der Waals surface area contributed by atoms with Crippen LogP contribution in [0.1, 0.15) is 30.5 Å². The minimum Gasteiger partial charge on any atom is -0.329 e. The predicted molar refractivity (Wildman–Crippen MR) is 84.5 cm³/mol. The molecule has 4 heteroatoms. The van der Waals surface area contributed by atoms with Crippen LogP contribution in [0, 0.1) is 11.7 Å². The van der Waals surface area contributed by atoms with Gasteiger partial charge in [-0.3, -0.25) is 4.57 Å². The van der Waals surface area contributed by atoms with E-state index in [1.54, 1.807) is 0 Å². The highest BCUT2D eigenvalue weighted by molar-refractivity contribution is 7.71. The highest BCUT2D eigenvalue weighted by atomic mass is 32.1. The number of benzene rings is 1. The summed E-state index contributed by atoms with van der Waals surface area (Å²) in [6, 6.07) is 12.7. The number of aryl methyl sites for hydroxylation is 1. The lowest BCUT2D eigenvalue weighted by Crippen LogP contribution is -2.10. The van der Waals surface area contributed by atoms with Crippen molar-refractivity contribution in [3.63, 3.8) is 0 Å². The molecule has 0 aliphatic rings. The van der Waals surface area contributed by atoms with Crippen molar-refractivity contribution in [3.8, 4) is 0 Å². The van der Waals surface area contributed by atoms with E-state index < -0.39 is 0 Å². The third-order valence-electron chi connectivity index (χ3n) is 3.70. The van der Waals surface area contributed by atoms with Gasteiger partial charge in [-0.05, 0) is 42.8 Å². The fraction of sp³-hybridized carbons (Fsp3) is 0.250. The number of aromatic nitrogens is 3. The van der Waals surface area contributed by atoms with E-state index in [1.165, 1.54) is 11.1 Å². The first-order chi connectivity index (χ1) is 9.72. The minimum absolute atomic E-state index is 0.215. The summed E-state index contributed by atoms with van der Waals surface area (Å²) < 4.78 is 2.87. The zero-order valence-electron chi connectivity index (χ0n) is 11.6. The predicted octanol–water partition coefficient (Wildman–Crippen LogP) is 4.40. The van der Waals surface area contributed by atoms with Crippen LogP contribution in [0.5, 0.6) is 0 Å². The molecule has 3 nitrogen and oxygen atoms in total. The zero-order chi connectivity index (χ0) is 14.1. The zero-order valence-corrected chi connectivity index (χ0v) is 12.4. The molecule has 1 N–H and O–H groups in total. The van der Waals surface area contributed by atoms with Crippen molar-refractivity contribution < 1.29 is 0 Å². The fourth-order valence-corrected chi connectivity index (χ4v) is 2.99. The summed E-state index contributed by atoms with van der Waals surface area (Å²) >= 11 is 5.52. The summed E-state index contributed by atoms with van der Waals surface area (Å²) in [5.74, 6) is 0. The Morgan fingerprint density at radius 2 is 2.00 bits per heavy atom. The van der Waals surface area contributed by atoms with Crippen LogP contribution in [0.4, 0.5) is 0 Å². The van der Waals surface area contributed by atoms with Gasteiger partial charge in [-0.25, -0.2) is 4.98 Å². The molecule has 2 heterocycles. The van der Waals surface area contributed by atoms with Crippen LogP contribution >= 0.6 is 12.2 Å². The fourth-order valence-electron chi connectivity index (χ4n) is 2.68. The van der Waals surface area contributed by atoms with Gasteiger partial charge in [0.1, 0.15) is 0 Å². The van der Waals surface area contributed by atoms with Crippen molar-refractivity contribution in [1.82, 2.24) is 14.5 Å². The van der Waals surface area contributed by atoms with E-state index in [4.69, 9.17) is 12.2 Å². The molecule has 1 atom stereocenters. The third-order valence-corrected chi connectivity index (χ3v) is 4.00. The monoisotopic (exact) mass is 283 g/mol. The number of nitrogens with zero attached hydrogens (tertiary/aromatic N) is 2. The van der Waals surface area contributed by atoms with Gasteiger partial charge in [0.15, 0.2) is 10.4 Å². The van der Waals surface area contributed by atoms with Gasteiger partial charge in [0.05, 0.1) is 11.6 Å². The second-order valence-corrected chi connectivity index (χ2v) is 5.35. The first-order valence-electron chi connectivity index (χ1n) is 6.83. The van der Waals surface area contributed by atoms with E-state index >= 15 is 0 Å². The molecule has 0 aliphatic carbocycles.